The standard InChI is InChI=1S/C22H35N3O4/c1-21(2)13-16(22(3,4)25-21)20(26)24-10-8-9-23-14-15-11-17(27-5)19(29-7)18(12-15)28-6/h11-13,23,25H,8-10,14H2,1-7H3,(H,24,26). The minimum absolute atomic E-state index is 0.00213. The molecule has 1 aromatic carbocycles. The maximum Gasteiger partial charge on any atom is 0.248 e. The maximum atomic E-state index is 12.5. The zero-order valence-corrected chi connectivity index (χ0v) is 18.7. The molecule has 1 aliphatic rings. The van der Waals surface area contributed by atoms with E-state index in [0.717, 1.165) is 24.1 Å². The SMILES string of the molecule is COc1cc(CNCCCNC(=O)C2=CC(C)(C)NC2(C)C)cc(OC)c1OC. The lowest BCUT2D eigenvalue weighted by molar-refractivity contribution is -0.118. The van der Waals surface area contributed by atoms with Crippen LogP contribution in [0, 0.1) is 0 Å². The van der Waals surface area contributed by atoms with Gasteiger partial charge < -0.3 is 24.8 Å². The Morgan fingerprint density at radius 1 is 1.00 bits per heavy atom. The number of nitrogens with one attached hydrogen (secondary N) is 3. The molecule has 7 nitrogen and oxygen atoms in total. The molecule has 1 aliphatic heterocycles. The zero-order valence-electron chi connectivity index (χ0n) is 18.7. The van der Waals surface area contributed by atoms with Gasteiger partial charge in [0.25, 0.3) is 0 Å². The number of amides is 1. The van der Waals surface area contributed by atoms with Crippen molar-refractivity contribution < 1.29 is 19.0 Å². The molecule has 0 aromatic heterocycles. The molecule has 0 aliphatic carbocycles. The van der Waals surface area contributed by atoms with Gasteiger partial charge in [-0.3, -0.25) is 10.1 Å². The fraction of sp³-hybridized carbons (Fsp3) is 0.591. The summed E-state index contributed by atoms with van der Waals surface area (Å²) in [6.07, 6.45) is 2.85. The molecular weight excluding hydrogens is 370 g/mol. The predicted molar refractivity (Wildman–Crippen MR) is 115 cm³/mol. The summed E-state index contributed by atoms with van der Waals surface area (Å²) in [5.41, 5.74) is 1.35. The van der Waals surface area contributed by atoms with Gasteiger partial charge in [0.2, 0.25) is 11.7 Å². The zero-order chi connectivity index (χ0) is 21.7. The van der Waals surface area contributed by atoms with E-state index in [1.807, 2.05) is 32.1 Å². The highest BCUT2D eigenvalue weighted by Crippen LogP contribution is 2.38. The van der Waals surface area contributed by atoms with Crippen molar-refractivity contribution in [2.45, 2.75) is 51.7 Å². The van der Waals surface area contributed by atoms with Crippen molar-refractivity contribution in [1.82, 2.24) is 16.0 Å². The Morgan fingerprint density at radius 2 is 1.62 bits per heavy atom. The van der Waals surface area contributed by atoms with E-state index in [2.05, 4.69) is 29.8 Å². The van der Waals surface area contributed by atoms with Crippen LogP contribution in [0.2, 0.25) is 0 Å². The van der Waals surface area contributed by atoms with Crippen LogP contribution in [0.1, 0.15) is 39.7 Å². The second-order valence-electron chi connectivity index (χ2n) is 8.35. The van der Waals surface area contributed by atoms with E-state index in [1.165, 1.54) is 0 Å². The van der Waals surface area contributed by atoms with Gasteiger partial charge in [-0.1, -0.05) is 6.08 Å². The molecule has 1 aromatic rings. The number of rotatable bonds is 10. The number of ether oxygens (including phenoxy) is 3. The highest BCUT2D eigenvalue weighted by atomic mass is 16.5. The van der Waals surface area contributed by atoms with E-state index in [4.69, 9.17) is 14.2 Å². The summed E-state index contributed by atoms with van der Waals surface area (Å²) >= 11 is 0. The van der Waals surface area contributed by atoms with Crippen LogP contribution in [0.25, 0.3) is 0 Å². The predicted octanol–water partition coefficient (Wildman–Crippen LogP) is 2.40. The lowest BCUT2D eigenvalue weighted by Crippen LogP contribution is -2.47. The average Bonchev–Trinajstić information content (AvgIpc) is 2.90. The van der Waals surface area contributed by atoms with Crippen LogP contribution in [0.15, 0.2) is 23.8 Å². The topological polar surface area (TPSA) is 80.9 Å². The molecule has 0 fully saturated rings. The average molecular weight is 406 g/mol. The number of benzene rings is 1. The first kappa shape index (κ1) is 23.0. The smallest absolute Gasteiger partial charge is 0.248 e. The van der Waals surface area contributed by atoms with Crippen LogP contribution < -0.4 is 30.2 Å². The van der Waals surface area contributed by atoms with Crippen LogP contribution in [-0.4, -0.2) is 51.4 Å². The lowest BCUT2D eigenvalue weighted by atomic mass is 9.96. The molecule has 0 saturated heterocycles. The third-order valence-electron chi connectivity index (χ3n) is 4.93. The van der Waals surface area contributed by atoms with Crippen molar-refractivity contribution in [2.75, 3.05) is 34.4 Å². The molecule has 0 atom stereocenters. The van der Waals surface area contributed by atoms with E-state index in [1.54, 1.807) is 21.3 Å². The van der Waals surface area contributed by atoms with Crippen molar-refractivity contribution >= 4 is 5.91 Å². The molecule has 162 valence electrons. The van der Waals surface area contributed by atoms with Crippen molar-refractivity contribution in [3.05, 3.63) is 29.3 Å². The number of hydrogen-bond acceptors (Lipinski definition) is 6. The molecule has 0 unspecified atom stereocenters. The summed E-state index contributed by atoms with van der Waals surface area (Å²) < 4.78 is 16.1. The van der Waals surface area contributed by atoms with Crippen LogP contribution in [0.4, 0.5) is 0 Å². The van der Waals surface area contributed by atoms with Crippen molar-refractivity contribution in [2.24, 2.45) is 0 Å². The van der Waals surface area contributed by atoms with E-state index in [0.29, 0.717) is 30.3 Å². The first-order chi connectivity index (χ1) is 13.6. The van der Waals surface area contributed by atoms with E-state index in [-0.39, 0.29) is 17.0 Å². The maximum absolute atomic E-state index is 12.5. The van der Waals surface area contributed by atoms with Gasteiger partial charge in [-0.05, 0) is 58.4 Å². The first-order valence-electron chi connectivity index (χ1n) is 9.94. The van der Waals surface area contributed by atoms with Gasteiger partial charge in [-0.2, -0.15) is 0 Å². The third-order valence-corrected chi connectivity index (χ3v) is 4.93. The van der Waals surface area contributed by atoms with E-state index in [9.17, 15) is 4.79 Å². The summed E-state index contributed by atoms with van der Waals surface area (Å²) in [4.78, 5) is 12.5. The molecule has 3 N–H and O–H groups in total. The number of methoxy groups -OCH3 is 3. The van der Waals surface area contributed by atoms with Crippen molar-refractivity contribution in [3.63, 3.8) is 0 Å². The summed E-state index contributed by atoms with van der Waals surface area (Å²) in [6.45, 7) is 10.3. The Kier molecular flexibility index (Phi) is 7.54. The first-order valence-corrected chi connectivity index (χ1v) is 9.94. The normalized spacial score (nSPS) is 16.9. The van der Waals surface area contributed by atoms with Gasteiger partial charge in [-0.25, -0.2) is 0 Å². The Hall–Kier alpha value is -2.25. The molecule has 0 radical (unpaired) electrons. The summed E-state index contributed by atoms with van der Waals surface area (Å²) in [5.74, 6) is 1.86. The number of carbonyl (C=O) groups is 1. The van der Waals surface area contributed by atoms with Crippen molar-refractivity contribution in [1.29, 1.82) is 0 Å². The highest BCUT2D eigenvalue weighted by Gasteiger charge is 2.39. The van der Waals surface area contributed by atoms with Crippen LogP contribution >= 0.6 is 0 Å². The molecule has 1 heterocycles. The minimum Gasteiger partial charge on any atom is -0.493 e. The summed E-state index contributed by atoms with van der Waals surface area (Å²) in [7, 11) is 4.80. The Labute approximate surface area is 174 Å². The summed E-state index contributed by atoms with van der Waals surface area (Å²) in [6, 6.07) is 3.86. The van der Waals surface area contributed by atoms with Crippen LogP contribution in [0.3, 0.4) is 0 Å². The van der Waals surface area contributed by atoms with Gasteiger partial charge in [0.05, 0.1) is 21.3 Å². The third kappa shape index (κ3) is 5.87. The quantitative estimate of drug-likeness (QED) is 0.519. The second kappa shape index (κ2) is 9.50. The van der Waals surface area contributed by atoms with Crippen molar-refractivity contribution in [3.8, 4) is 17.2 Å². The van der Waals surface area contributed by atoms with Crippen LogP contribution in [-0.2, 0) is 11.3 Å². The fourth-order valence-corrected chi connectivity index (χ4v) is 3.78. The minimum atomic E-state index is -0.321. The Morgan fingerprint density at radius 3 is 2.10 bits per heavy atom. The largest absolute Gasteiger partial charge is 0.493 e. The van der Waals surface area contributed by atoms with Gasteiger partial charge in [0.1, 0.15) is 0 Å². The monoisotopic (exact) mass is 405 g/mol. The Bertz CT molecular complexity index is 731. The molecule has 0 bridgehead atoms. The molecule has 29 heavy (non-hydrogen) atoms. The number of hydrogen-bond donors (Lipinski definition) is 3. The fourth-order valence-electron chi connectivity index (χ4n) is 3.78. The second-order valence-corrected chi connectivity index (χ2v) is 8.35. The van der Waals surface area contributed by atoms with Gasteiger partial charge in [-0.15, -0.1) is 0 Å². The Balaban J connectivity index is 1.79. The summed E-state index contributed by atoms with van der Waals surface area (Å²) in [5, 5.41) is 9.87. The molecule has 0 saturated carbocycles. The molecular formula is C22H35N3O4. The van der Waals surface area contributed by atoms with Gasteiger partial charge >= 0.3 is 0 Å². The molecule has 0 spiro atoms. The van der Waals surface area contributed by atoms with E-state index < -0.39 is 0 Å². The lowest BCUT2D eigenvalue weighted by Gasteiger charge is -2.27. The van der Waals surface area contributed by atoms with Gasteiger partial charge in [0.15, 0.2) is 11.5 Å². The molecule has 1 amide bonds. The highest BCUT2D eigenvalue weighted by molar-refractivity contribution is 5.96. The van der Waals surface area contributed by atoms with E-state index >= 15 is 0 Å². The number of carbonyl (C=O) groups excluding carboxylic acids is 1. The molecule has 7 heteroatoms. The van der Waals surface area contributed by atoms with Gasteiger partial charge in [0, 0.05) is 29.7 Å². The van der Waals surface area contributed by atoms with Crippen LogP contribution in [0.5, 0.6) is 17.2 Å². The molecule has 2 rings (SSSR count).